The molecule has 0 aromatic heterocycles. The second-order valence-electron chi connectivity index (χ2n) is 14.3. The van der Waals surface area contributed by atoms with Gasteiger partial charge in [-0.3, -0.25) is 15.4 Å². The van der Waals surface area contributed by atoms with Crippen molar-refractivity contribution < 1.29 is 33.4 Å². The van der Waals surface area contributed by atoms with Gasteiger partial charge in [-0.1, -0.05) is 30.3 Å². The molecular formula is C36H48N6O7. The highest BCUT2D eigenvalue weighted by Crippen LogP contribution is 2.23. The number of alkyl carbamates (subject to hydrolysis) is 2. The van der Waals surface area contributed by atoms with Gasteiger partial charge in [-0.15, -0.1) is 0 Å². The standard InChI is InChI=1S/C36H48N6O7/c1-34(2,3)47-31(44)38-23-42-20-18-26(19-21-42)25-12-14-27(15-13-25)29(43)39-28-16-10-24(11-17-28)22-37-30(40-32(45)48-35(4,5)6)41-33(46)49-36(7,8)9/h10-18,23H,19-22H2,1-9H3,(H,39,43)(H2,37,40,41,45,46). The molecule has 49 heavy (non-hydrogen) atoms. The number of hydrogen-bond acceptors (Lipinski definition) is 8. The summed E-state index contributed by atoms with van der Waals surface area (Å²) in [7, 11) is 0. The van der Waals surface area contributed by atoms with Crippen molar-refractivity contribution in [3.05, 3.63) is 71.3 Å². The Hall–Kier alpha value is -5.20. The van der Waals surface area contributed by atoms with Crippen LogP contribution in [0.1, 0.15) is 90.2 Å². The summed E-state index contributed by atoms with van der Waals surface area (Å²) < 4.78 is 15.8. The average Bonchev–Trinajstić information content (AvgIpc) is 2.97. The molecule has 13 heteroatoms. The second kappa shape index (κ2) is 16.3. The summed E-state index contributed by atoms with van der Waals surface area (Å²) in [5.41, 5.74) is 1.93. The molecule has 1 aliphatic heterocycles. The molecule has 1 aliphatic rings. The van der Waals surface area contributed by atoms with Gasteiger partial charge in [0.15, 0.2) is 0 Å². The fourth-order valence-corrected chi connectivity index (χ4v) is 4.28. The largest absolute Gasteiger partial charge is 0.444 e. The normalized spacial score (nSPS) is 13.6. The number of carbonyl (C=O) groups is 4. The van der Waals surface area contributed by atoms with E-state index in [1.807, 2.05) is 17.0 Å². The minimum atomic E-state index is -0.780. The number of rotatable bonds is 6. The Kier molecular flexibility index (Phi) is 12.7. The summed E-state index contributed by atoms with van der Waals surface area (Å²) in [6.07, 6.45) is 2.18. The maximum Gasteiger partial charge on any atom is 0.435 e. The molecule has 0 saturated heterocycles. The predicted molar refractivity (Wildman–Crippen MR) is 190 cm³/mol. The number of amides is 4. The molecule has 13 nitrogen and oxygen atoms in total. The van der Waals surface area contributed by atoms with Gasteiger partial charge in [-0.2, -0.15) is 4.99 Å². The van der Waals surface area contributed by atoms with Crippen LogP contribution < -0.4 is 16.0 Å². The molecule has 0 aliphatic carbocycles. The monoisotopic (exact) mass is 676 g/mol. The minimum Gasteiger partial charge on any atom is -0.444 e. The Morgan fingerprint density at radius 2 is 1.33 bits per heavy atom. The topological polar surface area (TPSA) is 160 Å². The third kappa shape index (κ3) is 14.6. The smallest absolute Gasteiger partial charge is 0.435 e. The molecule has 0 saturated carbocycles. The van der Waals surface area contributed by atoms with E-state index in [9.17, 15) is 19.2 Å². The number of guanidine groups is 1. The molecule has 0 bridgehead atoms. The number of ether oxygens (including phenoxy) is 3. The maximum atomic E-state index is 13.0. The van der Waals surface area contributed by atoms with E-state index >= 15 is 0 Å². The molecule has 4 amide bonds. The predicted octanol–water partition coefficient (Wildman–Crippen LogP) is 6.90. The van der Waals surface area contributed by atoms with Crippen molar-refractivity contribution in [3.8, 4) is 0 Å². The molecule has 2 aromatic rings. The van der Waals surface area contributed by atoms with Gasteiger partial charge < -0.3 is 24.4 Å². The van der Waals surface area contributed by atoms with E-state index in [0.717, 1.165) is 23.1 Å². The zero-order chi connectivity index (χ0) is 36.4. The summed E-state index contributed by atoms with van der Waals surface area (Å²) >= 11 is 0. The summed E-state index contributed by atoms with van der Waals surface area (Å²) in [5.74, 6) is -0.387. The lowest BCUT2D eigenvalue weighted by Gasteiger charge is -2.24. The zero-order valence-electron chi connectivity index (χ0n) is 29.8. The number of benzene rings is 2. The van der Waals surface area contributed by atoms with E-state index in [-0.39, 0.29) is 18.4 Å². The van der Waals surface area contributed by atoms with Crippen LogP contribution in [0.4, 0.5) is 20.1 Å². The summed E-state index contributed by atoms with van der Waals surface area (Å²) in [4.78, 5) is 59.6. The number of aliphatic imine (C=N–C) groups is 2. The second-order valence-corrected chi connectivity index (χ2v) is 14.3. The highest BCUT2D eigenvalue weighted by atomic mass is 16.6. The molecule has 0 atom stereocenters. The van der Waals surface area contributed by atoms with Crippen molar-refractivity contribution in [1.82, 2.24) is 15.5 Å². The minimum absolute atomic E-state index is 0.112. The van der Waals surface area contributed by atoms with Crippen molar-refractivity contribution in [2.45, 2.75) is 92.1 Å². The van der Waals surface area contributed by atoms with Crippen LogP contribution in [-0.4, -0.2) is 71.3 Å². The number of nitrogens with zero attached hydrogens (tertiary/aromatic N) is 3. The van der Waals surface area contributed by atoms with Crippen molar-refractivity contribution in [1.29, 1.82) is 0 Å². The Morgan fingerprint density at radius 3 is 1.82 bits per heavy atom. The van der Waals surface area contributed by atoms with Crippen LogP contribution in [0.3, 0.4) is 0 Å². The van der Waals surface area contributed by atoms with Crippen LogP contribution in [0.2, 0.25) is 0 Å². The van der Waals surface area contributed by atoms with E-state index < -0.39 is 35.1 Å². The molecule has 1 heterocycles. The van der Waals surface area contributed by atoms with Gasteiger partial charge in [0.1, 0.15) is 16.8 Å². The summed E-state index contributed by atoms with van der Waals surface area (Å²) in [6.45, 7) is 17.1. The van der Waals surface area contributed by atoms with Crippen molar-refractivity contribution in [2.75, 3.05) is 18.4 Å². The van der Waals surface area contributed by atoms with Gasteiger partial charge in [0.2, 0.25) is 5.96 Å². The van der Waals surface area contributed by atoms with Crippen LogP contribution in [0, 0.1) is 0 Å². The first-order valence-corrected chi connectivity index (χ1v) is 16.0. The number of hydrogen-bond donors (Lipinski definition) is 3. The molecule has 0 spiro atoms. The highest BCUT2D eigenvalue weighted by molar-refractivity contribution is 6.04. The van der Waals surface area contributed by atoms with Gasteiger partial charge in [0.25, 0.3) is 5.91 Å². The van der Waals surface area contributed by atoms with Crippen LogP contribution in [0.15, 0.2) is 64.6 Å². The highest BCUT2D eigenvalue weighted by Gasteiger charge is 2.21. The van der Waals surface area contributed by atoms with Crippen molar-refractivity contribution in [3.63, 3.8) is 0 Å². The Labute approximate surface area is 288 Å². The first-order valence-electron chi connectivity index (χ1n) is 16.0. The lowest BCUT2D eigenvalue weighted by molar-refractivity contribution is 0.0540. The van der Waals surface area contributed by atoms with Crippen LogP contribution in [0.5, 0.6) is 0 Å². The first kappa shape index (κ1) is 38.2. The number of nitrogens with one attached hydrogen (secondary N) is 3. The van der Waals surface area contributed by atoms with Crippen LogP contribution >= 0.6 is 0 Å². The third-order valence-corrected chi connectivity index (χ3v) is 6.35. The summed E-state index contributed by atoms with van der Waals surface area (Å²) in [5, 5.41) is 7.80. The van der Waals surface area contributed by atoms with Gasteiger partial charge in [-0.25, -0.2) is 19.4 Å². The molecule has 3 N–H and O–H groups in total. The third-order valence-electron chi connectivity index (χ3n) is 6.35. The zero-order valence-corrected chi connectivity index (χ0v) is 29.8. The van der Waals surface area contributed by atoms with Crippen molar-refractivity contribution in [2.24, 2.45) is 9.98 Å². The Morgan fingerprint density at radius 1 is 0.776 bits per heavy atom. The molecule has 0 radical (unpaired) electrons. The molecule has 264 valence electrons. The van der Waals surface area contributed by atoms with Crippen LogP contribution in [-0.2, 0) is 20.8 Å². The Bertz CT molecular complexity index is 1540. The SMILES string of the molecule is CC(C)(C)OC(=O)N=CN1CC=C(c2ccc(C(=O)Nc3ccc(CN=C(NC(=O)OC(C)(C)C)NC(=O)OC(C)(C)C)cc3)cc2)CC1. The van der Waals surface area contributed by atoms with Gasteiger partial charge in [-0.05, 0) is 110 Å². The van der Waals surface area contributed by atoms with Gasteiger partial charge in [0.05, 0.1) is 12.9 Å². The van der Waals surface area contributed by atoms with Gasteiger partial charge >= 0.3 is 18.3 Å². The van der Waals surface area contributed by atoms with E-state index in [1.165, 1.54) is 6.34 Å². The summed E-state index contributed by atoms with van der Waals surface area (Å²) in [6, 6.07) is 14.4. The van der Waals surface area contributed by atoms with E-state index in [4.69, 9.17) is 14.2 Å². The fourth-order valence-electron chi connectivity index (χ4n) is 4.28. The molecule has 2 aromatic carbocycles. The average molecular weight is 677 g/mol. The Balaban J connectivity index is 1.57. The molecule has 0 fully saturated rings. The van der Waals surface area contributed by atoms with Crippen LogP contribution in [0.25, 0.3) is 5.57 Å². The van der Waals surface area contributed by atoms with Crippen molar-refractivity contribution >= 4 is 47.7 Å². The lowest BCUT2D eigenvalue weighted by atomic mass is 9.98. The van der Waals surface area contributed by atoms with Gasteiger partial charge in [0, 0.05) is 24.3 Å². The quantitative estimate of drug-likeness (QED) is 0.169. The van der Waals surface area contributed by atoms with E-state index in [2.05, 4.69) is 32.0 Å². The molecular weight excluding hydrogens is 628 g/mol. The lowest BCUT2D eigenvalue weighted by Crippen LogP contribution is -2.47. The number of anilines is 1. The van der Waals surface area contributed by atoms with E-state index in [0.29, 0.717) is 24.3 Å². The fraction of sp³-hybridized carbons (Fsp3) is 0.444. The molecule has 3 rings (SSSR count). The molecule has 0 unspecified atom stereocenters. The van der Waals surface area contributed by atoms with E-state index in [1.54, 1.807) is 98.7 Å². The number of carbonyl (C=O) groups excluding carboxylic acids is 4. The maximum absolute atomic E-state index is 13.0. The first-order chi connectivity index (χ1) is 22.7.